The fourth-order valence-electron chi connectivity index (χ4n) is 3.66. The van der Waals surface area contributed by atoms with Gasteiger partial charge in [-0.1, -0.05) is 31.5 Å². The molecule has 0 radical (unpaired) electrons. The average Bonchev–Trinajstić information content (AvgIpc) is 3.07. The summed E-state index contributed by atoms with van der Waals surface area (Å²) in [6, 6.07) is 8.08. The molecular weight excluding hydrogens is 326 g/mol. The molecule has 1 aliphatic rings. The summed E-state index contributed by atoms with van der Waals surface area (Å²) < 4.78 is 2.10. The maximum atomic E-state index is 12.7. The van der Waals surface area contributed by atoms with E-state index < -0.39 is 11.7 Å². The van der Waals surface area contributed by atoms with Crippen molar-refractivity contribution in [2.45, 2.75) is 45.6 Å². The molecule has 1 saturated heterocycles. The van der Waals surface area contributed by atoms with Gasteiger partial charge in [-0.2, -0.15) is 0 Å². The van der Waals surface area contributed by atoms with Gasteiger partial charge < -0.3 is 14.8 Å². The molecule has 5 nitrogen and oxygen atoms in total. The molecule has 140 valence electrons. The molecule has 1 aliphatic heterocycles. The molecule has 2 heterocycles. The molecule has 0 aliphatic carbocycles. The summed E-state index contributed by atoms with van der Waals surface area (Å²) in [6.45, 7) is 7.76. The Morgan fingerprint density at radius 3 is 2.62 bits per heavy atom. The Balaban J connectivity index is 1.69. The Morgan fingerprint density at radius 2 is 1.88 bits per heavy atom. The standard InChI is InChI=1S/C21H29N3O2/c1-3-16(2)24-15-18(17-9-5-6-10-19(17)24)20(25)21(26)22-11-14-23-12-7-4-8-13-23/h5-6,9-10,15-16H,3-4,7-8,11-14H2,1-2H3,(H,22,26)/t16-/m0/s1. The molecule has 0 spiro atoms. The summed E-state index contributed by atoms with van der Waals surface area (Å²) in [5, 5.41) is 3.66. The molecule has 1 amide bonds. The first-order chi connectivity index (χ1) is 12.6. The van der Waals surface area contributed by atoms with Crippen molar-refractivity contribution < 1.29 is 9.59 Å². The van der Waals surface area contributed by atoms with E-state index in [-0.39, 0.29) is 6.04 Å². The van der Waals surface area contributed by atoms with Crippen LogP contribution >= 0.6 is 0 Å². The molecule has 2 aromatic rings. The second kappa shape index (κ2) is 8.49. The van der Waals surface area contributed by atoms with E-state index >= 15 is 0 Å². The lowest BCUT2D eigenvalue weighted by atomic mass is 10.1. The number of ketones is 1. The molecule has 1 aromatic carbocycles. The summed E-state index contributed by atoms with van der Waals surface area (Å²) in [6.07, 6.45) is 6.55. The van der Waals surface area contributed by atoms with E-state index in [1.165, 1.54) is 19.3 Å². The largest absolute Gasteiger partial charge is 0.348 e. The highest BCUT2D eigenvalue weighted by Crippen LogP contribution is 2.26. The number of fused-ring (bicyclic) bond motifs is 1. The predicted molar refractivity (Wildman–Crippen MR) is 105 cm³/mol. The van der Waals surface area contributed by atoms with Gasteiger partial charge in [-0.15, -0.1) is 0 Å². The fraction of sp³-hybridized carbons (Fsp3) is 0.524. The number of Topliss-reactive ketones (excluding diaryl/α,β-unsaturated/α-hetero) is 1. The molecule has 5 heteroatoms. The number of nitrogens with zero attached hydrogens (tertiary/aromatic N) is 2. The Hall–Kier alpha value is -2.14. The summed E-state index contributed by atoms with van der Waals surface area (Å²) in [5.41, 5.74) is 1.50. The summed E-state index contributed by atoms with van der Waals surface area (Å²) in [4.78, 5) is 27.5. The zero-order chi connectivity index (χ0) is 18.5. The van der Waals surface area contributed by atoms with E-state index in [1.54, 1.807) is 0 Å². The number of nitrogens with one attached hydrogen (secondary N) is 1. The van der Waals surface area contributed by atoms with Crippen LogP contribution in [0.5, 0.6) is 0 Å². The Bertz CT molecular complexity index is 775. The van der Waals surface area contributed by atoms with Crippen LogP contribution in [-0.2, 0) is 4.79 Å². The average molecular weight is 355 g/mol. The van der Waals surface area contributed by atoms with Crippen LogP contribution in [0.4, 0.5) is 0 Å². The second-order valence-corrected chi connectivity index (χ2v) is 7.21. The van der Waals surface area contributed by atoms with Gasteiger partial charge in [0.25, 0.3) is 11.7 Å². The van der Waals surface area contributed by atoms with Crippen LogP contribution in [0.15, 0.2) is 30.5 Å². The maximum absolute atomic E-state index is 12.7. The minimum absolute atomic E-state index is 0.281. The van der Waals surface area contributed by atoms with E-state index in [2.05, 4.69) is 28.6 Å². The highest BCUT2D eigenvalue weighted by atomic mass is 16.2. The topological polar surface area (TPSA) is 54.3 Å². The van der Waals surface area contributed by atoms with Gasteiger partial charge in [0.1, 0.15) is 0 Å². The Labute approximate surface area is 155 Å². The third-order valence-corrected chi connectivity index (χ3v) is 5.42. The molecule has 1 atom stereocenters. The predicted octanol–water partition coefficient (Wildman–Crippen LogP) is 3.40. The van der Waals surface area contributed by atoms with Crippen molar-refractivity contribution in [1.82, 2.24) is 14.8 Å². The first kappa shape index (κ1) is 18.6. The number of benzene rings is 1. The lowest BCUT2D eigenvalue weighted by Crippen LogP contribution is -2.39. The highest BCUT2D eigenvalue weighted by molar-refractivity contribution is 6.45. The number of hydrogen-bond acceptors (Lipinski definition) is 3. The number of para-hydroxylation sites is 1. The number of likely N-dealkylation sites (tertiary alicyclic amines) is 1. The lowest BCUT2D eigenvalue weighted by molar-refractivity contribution is -0.117. The smallest absolute Gasteiger partial charge is 0.292 e. The van der Waals surface area contributed by atoms with E-state index in [9.17, 15) is 9.59 Å². The Kier molecular flexibility index (Phi) is 6.09. The molecule has 0 saturated carbocycles. The van der Waals surface area contributed by atoms with Crippen molar-refractivity contribution in [2.75, 3.05) is 26.2 Å². The van der Waals surface area contributed by atoms with E-state index in [0.717, 1.165) is 37.0 Å². The van der Waals surface area contributed by atoms with Crippen LogP contribution < -0.4 is 5.32 Å². The van der Waals surface area contributed by atoms with E-state index in [1.807, 2.05) is 30.5 Å². The van der Waals surface area contributed by atoms with Crippen molar-refractivity contribution >= 4 is 22.6 Å². The quantitative estimate of drug-likeness (QED) is 0.612. The number of aromatic nitrogens is 1. The number of amides is 1. The van der Waals surface area contributed by atoms with Crippen LogP contribution in [0.25, 0.3) is 10.9 Å². The third kappa shape index (κ3) is 3.98. The van der Waals surface area contributed by atoms with Crippen molar-refractivity contribution in [3.8, 4) is 0 Å². The molecule has 26 heavy (non-hydrogen) atoms. The van der Waals surface area contributed by atoms with Crippen LogP contribution in [0.3, 0.4) is 0 Å². The zero-order valence-electron chi connectivity index (χ0n) is 15.8. The van der Waals surface area contributed by atoms with Crippen LogP contribution in [0, 0.1) is 0 Å². The molecule has 3 rings (SSSR count). The highest BCUT2D eigenvalue weighted by Gasteiger charge is 2.22. The van der Waals surface area contributed by atoms with Gasteiger partial charge in [0.05, 0.1) is 5.56 Å². The lowest BCUT2D eigenvalue weighted by Gasteiger charge is -2.26. The van der Waals surface area contributed by atoms with Gasteiger partial charge in [-0.25, -0.2) is 0 Å². The number of carbonyl (C=O) groups is 2. The molecule has 0 bridgehead atoms. The van der Waals surface area contributed by atoms with Crippen molar-refractivity contribution in [2.24, 2.45) is 0 Å². The summed E-state index contributed by atoms with van der Waals surface area (Å²) >= 11 is 0. The SMILES string of the molecule is CC[C@H](C)n1cc(C(=O)C(=O)NCCN2CCCCC2)c2ccccc21. The van der Waals surface area contributed by atoms with Crippen LogP contribution in [0.1, 0.15) is 55.9 Å². The maximum Gasteiger partial charge on any atom is 0.292 e. The van der Waals surface area contributed by atoms with Crippen molar-refractivity contribution in [1.29, 1.82) is 0 Å². The zero-order valence-corrected chi connectivity index (χ0v) is 15.8. The second-order valence-electron chi connectivity index (χ2n) is 7.21. The van der Waals surface area contributed by atoms with E-state index in [0.29, 0.717) is 12.1 Å². The number of carbonyl (C=O) groups excluding carboxylic acids is 2. The monoisotopic (exact) mass is 355 g/mol. The number of hydrogen-bond donors (Lipinski definition) is 1. The summed E-state index contributed by atoms with van der Waals surface area (Å²) in [5.74, 6) is -0.948. The van der Waals surface area contributed by atoms with Crippen molar-refractivity contribution in [3.63, 3.8) is 0 Å². The van der Waals surface area contributed by atoms with Gasteiger partial charge in [0.2, 0.25) is 0 Å². The van der Waals surface area contributed by atoms with Crippen molar-refractivity contribution in [3.05, 3.63) is 36.0 Å². The number of piperidine rings is 1. The minimum atomic E-state index is -0.505. The normalized spacial score (nSPS) is 16.5. The molecule has 1 aromatic heterocycles. The van der Waals surface area contributed by atoms with Gasteiger partial charge in [-0.05, 0) is 45.3 Å². The minimum Gasteiger partial charge on any atom is -0.348 e. The van der Waals surface area contributed by atoms with E-state index in [4.69, 9.17) is 0 Å². The Morgan fingerprint density at radius 1 is 1.15 bits per heavy atom. The van der Waals surface area contributed by atoms with Crippen LogP contribution in [0.2, 0.25) is 0 Å². The molecular formula is C21H29N3O2. The first-order valence-corrected chi connectivity index (χ1v) is 9.76. The van der Waals surface area contributed by atoms with Gasteiger partial charge >= 0.3 is 0 Å². The van der Waals surface area contributed by atoms with Gasteiger partial charge in [0.15, 0.2) is 0 Å². The molecule has 1 fully saturated rings. The molecule has 1 N–H and O–H groups in total. The van der Waals surface area contributed by atoms with Gasteiger partial charge in [0, 0.05) is 36.2 Å². The third-order valence-electron chi connectivity index (χ3n) is 5.42. The fourth-order valence-corrected chi connectivity index (χ4v) is 3.66. The number of rotatable bonds is 7. The van der Waals surface area contributed by atoms with Gasteiger partial charge in [-0.3, -0.25) is 9.59 Å². The van der Waals surface area contributed by atoms with Crippen LogP contribution in [-0.4, -0.2) is 47.3 Å². The first-order valence-electron chi connectivity index (χ1n) is 9.76. The summed E-state index contributed by atoms with van der Waals surface area (Å²) in [7, 11) is 0. The molecule has 0 unspecified atom stereocenters.